The van der Waals surface area contributed by atoms with E-state index in [2.05, 4.69) is 4.98 Å². The van der Waals surface area contributed by atoms with Crippen LogP contribution in [0.25, 0.3) is 0 Å². The molecule has 0 aromatic carbocycles. The second-order valence-electron chi connectivity index (χ2n) is 2.81. The maximum atomic E-state index is 12.6. The summed E-state index contributed by atoms with van der Waals surface area (Å²) in [4.78, 5) is 4.03. The Morgan fingerprint density at radius 3 is 2.73 bits per heavy atom. The van der Waals surface area contributed by atoms with E-state index in [1.807, 2.05) is 28.7 Å². The van der Waals surface area contributed by atoms with Crippen LogP contribution in [0.4, 0.5) is 8.78 Å². The van der Waals surface area contributed by atoms with Crippen LogP contribution in [0, 0.1) is 15.0 Å². The smallest absolute Gasteiger partial charge is 0.264 e. The quantitative estimate of drug-likeness (QED) is 0.685. The molecule has 2 N–H and O–H groups in total. The fraction of sp³-hybridized carbons (Fsp3) is 0.333. The van der Waals surface area contributed by atoms with Crippen LogP contribution in [-0.2, 0) is 13.0 Å². The van der Waals surface area contributed by atoms with Gasteiger partial charge in [0, 0.05) is 17.7 Å². The van der Waals surface area contributed by atoms with Crippen molar-refractivity contribution >= 4 is 22.6 Å². The molecule has 0 amide bonds. The zero-order valence-corrected chi connectivity index (χ0v) is 9.83. The van der Waals surface area contributed by atoms with Gasteiger partial charge in [-0.25, -0.2) is 13.8 Å². The molecule has 1 aromatic rings. The molecule has 0 bridgehead atoms. The van der Waals surface area contributed by atoms with E-state index < -0.39 is 6.43 Å². The summed E-state index contributed by atoms with van der Waals surface area (Å²) in [5.74, 6) is 0. The monoisotopic (exact) mass is 323 g/mol. The molecule has 0 aliphatic rings. The Kier molecular flexibility index (Phi) is 4.35. The zero-order chi connectivity index (χ0) is 11.4. The number of hydrogen-bond acceptors (Lipinski definition) is 3. The molecule has 0 aliphatic carbocycles. The van der Waals surface area contributed by atoms with Gasteiger partial charge in [0.2, 0.25) is 0 Å². The van der Waals surface area contributed by atoms with Gasteiger partial charge in [-0.15, -0.1) is 0 Å². The van der Waals surface area contributed by atoms with Crippen molar-refractivity contribution in [2.75, 3.05) is 0 Å². The van der Waals surface area contributed by atoms with E-state index in [-0.39, 0.29) is 18.5 Å². The summed E-state index contributed by atoms with van der Waals surface area (Å²) in [6, 6.07) is 3.12. The first-order chi connectivity index (χ1) is 7.10. The topological polar surface area (TPSA) is 62.7 Å². The second-order valence-corrected chi connectivity index (χ2v) is 3.83. The number of rotatable bonds is 3. The van der Waals surface area contributed by atoms with Gasteiger partial charge < -0.3 is 5.73 Å². The Labute approximate surface area is 99.4 Å². The predicted molar refractivity (Wildman–Crippen MR) is 59.1 cm³/mol. The molecule has 0 spiro atoms. The van der Waals surface area contributed by atoms with Gasteiger partial charge >= 0.3 is 0 Å². The van der Waals surface area contributed by atoms with Crippen LogP contribution < -0.4 is 5.73 Å². The lowest BCUT2D eigenvalue weighted by Gasteiger charge is -2.10. The molecule has 0 atom stereocenters. The van der Waals surface area contributed by atoms with Gasteiger partial charge in [-0.2, -0.15) is 5.26 Å². The van der Waals surface area contributed by atoms with Crippen LogP contribution in [-0.4, -0.2) is 4.98 Å². The Balaban J connectivity index is 3.27. The molecule has 0 fully saturated rings. The first-order valence-electron chi connectivity index (χ1n) is 4.13. The summed E-state index contributed by atoms with van der Waals surface area (Å²) in [6.45, 7) is 0.0256. The average molecular weight is 323 g/mol. The summed E-state index contributed by atoms with van der Waals surface area (Å²) in [7, 11) is 0. The molecule has 1 aromatic heterocycles. The van der Waals surface area contributed by atoms with Crippen molar-refractivity contribution < 1.29 is 8.78 Å². The first-order valence-corrected chi connectivity index (χ1v) is 5.21. The minimum absolute atomic E-state index is 0.0256. The van der Waals surface area contributed by atoms with Gasteiger partial charge in [0.1, 0.15) is 3.70 Å². The average Bonchev–Trinajstić information content (AvgIpc) is 2.17. The first kappa shape index (κ1) is 12.3. The minimum Gasteiger partial charge on any atom is -0.326 e. The minimum atomic E-state index is -2.59. The van der Waals surface area contributed by atoms with E-state index in [9.17, 15) is 8.78 Å². The number of hydrogen-bond donors (Lipinski definition) is 1. The highest BCUT2D eigenvalue weighted by Crippen LogP contribution is 2.26. The molecule has 15 heavy (non-hydrogen) atoms. The van der Waals surface area contributed by atoms with E-state index in [0.717, 1.165) is 0 Å². The molecule has 0 radical (unpaired) electrons. The molecule has 3 nitrogen and oxygen atoms in total. The van der Waals surface area contributed by atoms with Crippen molar-refractivity contribution in [1.82, 2.24) is 4.98 Å². The summed E-state index contributed by atoms with van der Waals surface area (Å²) in [5, 5.41) is 8.46. The van der Waals surface area contributed by atoms with Gasteiger partial charge in [-0.1, -0.05) is 0 Å². The highest BCUT2D eigenvalue weighted by atomic mass is 127. The lowest BCUT2D eigenvalue weighted by atomic mass is 10.1. The lowest BCUT2D eigenvalue weighted by Crippen LogP contribution is -2.08. The van der Waals surface area contributed by atoms with Crippen molar-refractivity contribution in [3.05, 3.63) is 26.6 Å². The molecule has 0 saturated carbocycles. The SMILES string of the molecule is N#CCc1cc(C(F)F)c(CN)c(I)n1. The Morgan fingerprint density at radius 2 is 2.27 bits per heavy atom. The normalized spacial score (nSPS) is 10.4. The summed E-state index contributed by atoms with van der Waals surface area (Å²) in [5.41, 5.74) is 5.96. The van der Waals surface area contributed by atoms with Crippen molar-refractivity contribution in [1.29, 1.82) is 5.26 Å². The number of nitrogens with zero attached hydrogens (tertiary/aromatic N) is 2. The third-order valence-corrected chi connectivity index (χ3v) is 2.75. The number of halogens is 3. The van der Waals surface area contributed by atoms with Crippen LogP contribution in [0.15, 0.2) is 6.07 Å². The highest BCUT2D eigenvalue weighted by molar-refractivity contribution is 14.1. The van der Waals surface area contributed by atoms with Crippen molar-refractivity contribution in [3.63, 3.8) is 0 Å². The molecule has 1 heterocycles. The Morgan fingerprint density at radius 1 is 1.60 bits per heavy atom. The van der Waals surface area contributed by atoms with E-state index in [4.69, 9.17) is 11.0 Å². The number of alkyl halides is 2. The summed E-state index contributed by atoms with van der Waals surface area (Å²) in [6.07, 6.45) is -2.56. The molecule has 1 rings (SSSR count). The third-order valence-electron chi connectivity index (χ3n) is 1.86. The maximum Gasteiger partial charge on any atom is 0.264 e. The standard InChI is InChI=1S/C9H8F2IN3/c10-8(11)6-3-5(1-2-13)15-9(12)7(6)4-14/h3,8H,1,4,14H2. The van der Waals surface area contributed by atoms with Crippen molar-refractivity contribution in [2.45, 2.75) is 19.4 Å². The predicted octanol–water partition coefficient (Wildman–Crippen LogP) is 2.15. The fourth-order valence-corrected chi connectivity index (χ4v) is 2.02. The van der Waals surface area contributed by atoms with Crippen LogP contribution in [0.3, 0.4) is 0 Å². The molecule has 6 heteroatoms. The van der Waals surface area contributed by atoms with Crippen molar-refractivity contribution in [3.8, 4) is 6.07 Å². The molecule has 80 valence electrons. The highest BCUT2D eigenvalue weighted by Gasteiger charge is 2.16. The number of nitrogens with two attached hydrogens (primary N) is 1. The number of nitriles is 1. The number of pyridine rings is 1. The summed E-state index contributed by atoms with van der Waals surface area (Å²) < 4.78 is 25.7. The Bertz CT molecular complexity index is 401. The Hall–Kier alpha value is -0.810. The van der Waals surface area contributed by atoms with E-state index in [0.29, 0.717) is 15.0 Å². The molecule has 0 unspecified atom stereocenters. The van der Waals surface area contributed by atoms with Gasteiger partial charge in [0.15, 0.2) is 0 Å². The summed E-state index contributed by atoms with van der Waals surface area (Å²) >= 11 is 1.85. The van der Waals surface area contributed by atoms with Crippen LogP contribution in [0.5, 0.6) is 0 Å². The van der Waals surface area contributed by atoms with Gasteiger partial charge in [-0.3, -0.25) is 0 Å². The van der Waals surface area contributed by atoms with Crippen molar-refractivity contribution in [2.24, 2.45) is 5.73 Å². The largest absolute Gasteiger partial charge is 0.326 e. The number of aromatic nitrogens is 1. The second kappa shape index (κ2) is 5.32. The van der Waals surface area contributed by atoms with Crippen LogP contribution in [0.2, 0.25) is 0 Å². The van der Waals surface area contributed by atoms with Crippen LogP contribution >= 0.6 is 22.6 Å². The van der Waals surface area contributed by atoms with E-state index in [1.54, 1.807) is 0 Å². The van der Waals surface area contributed by atoms with Crippen LogP contribution in [0.1, 0.15) is 23.2 Å². The molecular formula is C9H8F2IN3. The van der Waals surface area contributed by atoms with E-state index in [1.165, 1.54) is 6.07 Å². The van der Waals surface area contributed by atoms with Gasteiger partial charge in [-0.05, 0) is 28.7 Å². The maximum absolute atomic E-state index is 12.6. The molecular weight excluding hydrogens is 315 g/mol. The third kappa shape index (κ3) is 2.82. The lowest BCUT2D eigenvalue weighted by molar-refractivity contribution is 0.150. The molecule has 0 saturated heterocycles. The van der Waals surface area contributed by atoms with Gasteiger partial charge in [0.25, 0.3) is 6.43 Å². The zero-order valence-electron chi connectivity index (χ0n) is 7.67. The fourth-order valence-electron chi connectivity index (χ4n) is 1.18. The molecule has 0 aliphatic heterocycles. The van der Waals surface area contributed by atoms with Gasteiger partial charge in [0.05, 0.1) is 18.2 Å². The van der Waals surface area contributed by atoms with E-state index >= 15 is 0 Å².